The zero-order chi connectivity index (χ0) is 14.0. The van der Waals surface area contributed by atoms with Crippen LogP contribution in [0.1, 0.15) is 5.69 Å². The summed E-state index contributed by atoms with van der Waals surface area (Å²) >= 11 is 0. The summed E-state index contributed by atoms with van der Waals surface area (Å²) in [6.07, 6.45) is 0. The lowest BCUT2D eigenvalue weighted by molar-refractivity contribution is -0.385. The van der Waals surface area contributed by atoms with Crippen LogP contribution in [0.2, 0.25) is 0 Å². The fourth-order valence-electron chi connectivity index (χ4n) is 1.97. The van der Waals surface area contributed by atoms with Crippen molar-refractivity contribution >= 4 is 17.5 Å². The van der Waals surface area contributed by atoms with Crippen LogP contribution in [-0.2, 0) is 4.74 Å². The number of ether oxygens (including phenoxy) is 1. The molecule has 8 heteroatoms. The van der Waals surface area contributed by atoms with Crippen molar-refractivity contribution in [2.75, 3.05) is 50.2 Å². The van der Waals surface area contributed by atoms with Crippen molar-refractivity contribution in [3.05, 3.63) is 15.8 Å². The summed E-state index contributed by atoms with van der Waals surface area (Å²) in [5.74, 6) is 0.856. The molecule has 0 aliphatic carbocycles. The fourth-order valence-corrected chi connectivity index (χ4v) is 1.97. The number of nitrogens with zero attached hydrogens (tertiary/aromatic N) is 5. The van der Waals surface area contributed by atoms with Crippen molar-refractivity contribution in [2.45, 2.75) is 6.92 Å². The number of aryl methyl sites for hydroxylation is 1. The third-order valence-electron chi connectivity index (χ3n) is 2.93. The molecule has 0 spiro atoms. The van der Waals surface area contributed by atoms with E-state index in [0.29, 0.717) is 43.8 Å². The zero-order valence-corrected chi connectivity index (χ0v) is 11.3. The Morgan fingerprint density at radius 1 is 1.32 bits per heavy atom. The van der Waals surface area contributed by atoms with E-state index in [1.165, 1.54) is 0 Å². The SMILES string of the molecule is Cc1nc(N2CCOCC2)nc(N(C)C)c1[N+](=O)[O-]. The molecule has 0 N–H and O–H groups in total. The topological polar surface area (TPSA) is 84.6 Å². The maximum atomic E-state index is 11.1. The summed E-state index contributed by atoms with van der Waals surface area (Å²) < 4.78 is 5.28. The highest BCUT2D eigenvalue weighted by Gasteiger charge is 2.25. The van der Waals surface area contributed by atoms with Crippen molar-refractivity contribution in [3.63, 3.8) is 0 Å². The third kappa shape index (κ3) is 2.73. The Morgan fingerprint density at radius 2 is 1.95 bits per heavy atom. The van der Waals surface area contributed by atoms with Crippen molar-refractivity contribution < 1.29 is 9.66 Å². The normalized spacial score (nSPS) is 15.4. The van der Waals surface area contributed by atoms with E-state index in [-0.39, 0.29) is 5.69 Å². The monoisotopic (exact) mass is 267 g/mol. The van der Waals surface area contributed by atoms with E-state index in [0.717, 1.165) is 0 Å². The minimum atomic E-state index is -0.437. The van der Waals surface area contributed by atoms with Crippen LogP contribution < -0.4 is 9.80 Å². The second-order valence-electron chi connectivity index (χ2n) is 4.53. The van der Waals surface area contributed by atoms with Crippen molar-refractivity contribution in [1.29, 1.82) is 0 Å². The Labute approximate surface area is 111 Å². The molecule has 1 aliphatic heterocycles. The van der Waals surface area contributed by atoms with Gasteiger partial charge in [0.2, 0.25) is 11.8 Å². The van der Waals surface area contributed by atoms with Crippen molar-refractivity contribution in [1.82, 2.24) is 9.97 Å². The Bertz CT molecular complexity index is 485. The maximum Gasteiger partial charge on any atom is 0.332 e. The van der Waals surface area contributed by atoms with Gasteiger partial charge >= 0.3 is 5.69 Å². The number of rotatable bonds is 3. The van der Waals surface area contributed by atoms with Crippen LogP contribution in [0.4, 0.5) is 17.5 Å². The van der Waals surface area contributed by atoms with E-state index >= 15 is 0 Å². The zero-order valence-electron chi connectivity index (χ0n) is 11.3. The Hall–Kier alpha value is -1.96. The highest BCUT2D eigenvalue weighted by Crippen LogP contribution is 2.29. The minimum Gasteiger partial charge on any atom is -0.378 e. The predicted molar refractivity (Wildman–Crippen MR) is 70.8 cm³/mol. The molecular formula is C11H17N5O3. The molecule has 1 aromatic heterocycles. The van der Waals surface area contributed by atoms with Crippen LogP contribution in [0.15, 0.2) is 0 Å². The molecule has 2 rings (SSSR count). The molecule has 0 amide bonds. The Kier molecular flexibility index (Phi) is 3.79. The Morgan fingerprint density at radius 3 is 2.47 bits per heavy atom. The predicted octanol–water partition coefficient (Wildman–Crippen LogP) is 0.596. The highest BCUT2D eigenvalue weighted by molar-refractivity contribution is 5.62. The van der Waals surface area contributed by atoms with Gasteiger partial charge in [-0.25, -0.2) is 4.98 Å². The molecule has 0 aromatic carbocycles. The van der Waals surface area contributed by atoms with Gasteiger partial charge in [0.1, 0.15) is 5.69 Å². The summed E-state index contributed by atoms with van der Waals surface area (Å²) in [6, 6.07) is 0. The molecule has 1 aliphatic rings. The quantitative estimate of drug-likeness (QED) is 0.585. The van der Waals surface area contributed by atoms with E-state index in [2.05, 4.69) is 9.97 Å². The van der Waals surface area contributed by atoms with Gasteiger partial charge in [0.05, 0.1) is 18.1 Å². The maximum absolute atomic E-state index is 11.1. The van der Waals surface area contributed by atoms with Crippen LogP contribution in [0, 0.1) is 17.0 Å². The minimum absolute atomic E-state index is 0.0398. The first-order valence-corrected chi connectivity index (χ1v) is 6.03. The molecule has 1 fully saturated rings. The van der Waals surface area contributed by atoms with Gasteiger partial charge in [-0.2, -0.15) is 4.98 Å². The molecule has 0 unspecified atom stereocenters. The lowest BCUT2D eigenvalue weighted by atomic mass is 10.3. The van der Waals surface area contributed by atoms with E-state index in [4.69, 9.17) is 4.74 Å². The van der Waals surface area contributed by atoms with Gasteiger partial charge in [-0.15, -0.1) is 0 Å². The fraction of sp³-hybridized carbons (Fsp3) is 0.636. The van der Waals surface area contributed by atoms with Crippen LogP contribution in [0.5, 0.6) is 0 Å². The molecule has 0 bridgehead atoms. The van der Waals surface area contributed by atoms with Crippen LogP contribution in [-0.4, -0.2) is 55.3 Å². The van der Waals surface area contributed by atoms with Crippen molar-refractivity contribution in [2.24, 2.45) is 0 Å². The number of hydrogen-bond donors (Lipinski definition) is 0. The Balaban J connectivity index is 2.44. The van der Waals surface area contributed by atoms with Gasteiger partial charge in [-0.05, 0) is 6.92 Å². The highest BCUT2D eigenvalue weighted by atomic mass is 16.6. The molecule has 0 saturated carbocycles. The van der Waals surface area contributed by atoms with E-state index in [9.17, 15) is 10.1 Å². The summed E-state index contributed by atoms with van der Waals surface area (Å²) in [5, 5.41) is 11.1. The van der Waals surface area contributed by atoms with Crippen LogP contribution >= 0.6 is 0 Å². The standard InChI is InChI=1S/C11H17N5O3/c1-8-9(16(17)18)10(14(2)3)13-11(12-8)15-4-6-19-7-5-15/h4-7H2,1-3H3. The van der Waals surface area contributed by atoms with Gasteiger partial charge in [-0.1, -0.05) is 0 Å². The number of hydrogen-bond acceptors (Lipinski definition) is 7. The second kappa shape index (κ2) is 5.35. The average Bonchev–Trinajstić information content (AvgIpc) is 2.38. The number of aromatic nitrogens is 2. The number of nitro groups is 1. The van der Waals surface area contributed by atoms with Gasteiger partial charge < -0.3 is 14.5 Å². The molecule has 1 aromatic rings. The molecule has 0 atom stereocenters. The van der Waals surface area contributed by atoms with E-state index in [1.54, 1.807) is 25.9 Å². The molecule has 0 radical (unpaired) electrons. The molecule has 8 nitrogen and oxygen atoms in total. The third-order valence-corrected chi connectivity index (χ3v) is 2.93. The van der Waals surface area contributed by atoms with E-state index < -0.39 is 4.92 Å². The molecule has 104 valence electrons. The first kappa shape index (κ1) is 13.5. The summed E-state index contributed by atoms with van der Waals surface area (Å²) in [7, 11) is 3.47. The van der Waals surface area contributed by atoms with Crippen molar-refractivity contribution in [3.8, 4) is 0 Å². The summed E-state index contributed by atoms with van der Waals surface area (Å²) in [5.41, 5.74) is 0.340. The largest absolute Gasteiger partial charge is 0.378 e. The molecule has 19 heavy (non-hydrogen) atoms. The number of anilines is 2. The molecule has 2 heterocycles. The number of morpholine rings is 1. The van der Waals surface area contributed by atoms with Crippen LogP contribution in [0.3, 0.4) is 0 Å². The summed E-state index contributed by atoms with van der Waals surface area (Å²) in [6.45, 7) is 4.28. The van der Waals surface area contributed by atoms with Gasteiger partial charge in [0.25, 0.3) is 0 Å². The van der Waals surface area contributed by atoms with E-state index in [1.807, 2.05) is 4.90 Å². The van der Waals surface area contributed by atoms with Gasteiger partial charge in [0, 0.05) is 27.2 Å². The first-order valence-electron chi connectivity index (χ1n) is 6.03. The van der Waals surface area contributed by atoms with Crippen LogP contribution in [0.25, 0.3) is 0 Å². The molecular weight excluding hydrogens is 250 g/mol. The first-order chi connectivity index (χ1) is 9.00. The molecule has 1 saturated heterocycles. The summed E-state index contributed by atoms with van der Waals surface area (Å²) in [4.78, 5) is 22.9. The van der Waals surface area contributed by atoms with Gasteiger partial charge in [-0.3, -0.25) is 10.1 Å². The average molecular weight is 267 g/mol. The lowest BCUT2D eigenvalue weighted by Gasteiger charge is -2.27. The van der Waals surface area contributed by atoms with Gasteiger partial charge in [0.15, 0.2) is 0 Å². The second-order valence-corrected chi connectivity index (χ2v) is 4.53. The smallest absolute Gasteiger partial charge is 0.332 e. The lowest BCUT2D eigenvalue weighted by Crippen LogP contribution is -2.37.